The van der Waals surface area contributed by atoms with Crippen LogP contribution in [0.1, 0.15) is 22.8 Å². The Hall–Kier alpha value is -3.14. The Balaban J connectivity index is 1.47. The van der Waals surface area contributed by atoms with E-state index in [1.807, 2.05) is 38.6 Å². The van der Waals surface area contributed by atoms with E-state index in [1.54, 1.807) is 0 Å². The molecule has 0 aliphatic heterocycles. The Morgan fingerprint density at radius 3 is 1.31 bits per heavy atom. The number of aryl methyl sites for hydroxylation is 2. The third-order valence-corrected chi connectivity index (χ3v) is 4.79. The van der Waals surface area contributed by atoms with Crippen LogP contribution in [0.5, 0.6) is 0 Å². The minimum atomic E-state index is 0.856. The number of nitrogens with zero attached hydrogens (tertiary/aromatic N) is 4. The monoisotopic (exact) mass is 342 g/mol. The normalized spacial score (nSPS) is 11.0. The Morgan fingerprint density at radius 2 is 1.00 bits per heavy atom. The second-order valence-corrected chi connectivity index (χ2v) is 6.60. The highest BCUT2D eigenvalue weighted by molar-refractivity contribution is 5.64. The van der Waals surface area contributed by atoms with Crippen molar-refractivity contribution < 1.29 is 0 Å². The molecule has 0 fully saturated rings. The van der Waals surface area contributed by atoms with Gasteiger partial charge in [0.05, 0.1) is 0 Å². The molecule has 0 N–H and O–H groups in total. The highest BCUT2D eigenvalue weighted by Gasteiger charge is 2.03. The van der Waals surface area contributed by atoms with Gasteiger partial charge < -0.3 is 9.13 Å². The number of aromatic nitrogens is 4. The van der Waals surface area contributed by atoms with E-state index in [9.17, 15) is 0 Å². The van der Waals surface area contributed by atoms with E-state index in [0.29, 0.717) is 0 Å². The van der Waals surface area contributed by atoms with Crippen LogP contribution in [-0.2, 0) is 13.1 Å². The Bertz CT molecular complexity index is 908. The Labute approximate surface area is 153 Å². The van der Waals surface area contributed by atoms with Gasteiger partial charge in [-0.15, -0.1) is 0 Å². The van der Waals surface area contributed by atoms with Crippen molar-refractivity contribution in [3.8, 4) is 11.1 Å². The van der Waals surface area contributed by atoms with E-state index in [-0.39, 0.29) is 0 Å². The van der Waals surface area contributed by atoms with Crippen molar-refractivity contribution in [1.82, 2.24) is 19.1 Å². The number of hydrogen-bond acceptors (Lipinski definition) is 2. The van der Waals surface area contributed by atoms with Crippen LogP contribution in [0, 0.1) is 13.8 Å². The summed E-state index contributed by atoms with van der Waals surface area (Å²) in [5.41, 5.74) is 5.03. The maximum Gasteiger partial charge on any atom is 0.105 e. The zero-order chi connectivity index (χ0) is 17.9. The molecule has 0 atom stereocenters. The predicted octanol–water partition coefficient (Wildman–Crippen LogP) is 4.46. The molecular formula is C22H22N4. The van der Waals surface area contributed by atoms with Crippen molar-refractivity contribution in [2.75, 3.05) is 0 Å². The van der Waals surface area contributed by atoms with Crippen LogP contribution < -0.4 is 0 Å². The molecule has 0 saturated carbocycles. The summed E-state index contributed by atoms with van der Waals surface area (Å²) in [5.74, 6) is 2.08. The van der Waals surface area contributed by atoms with Gasteiger partial charge in [-0.1, -0.05) is 48.5 Å². The average Bonchev–Trinajstić information content (AvgIpc) is 3.25. The summed E-state index contributed by atoms with van der Waals surface area (Å²) in [6, 6.07) is 17.5. The molecule has 130 valence electrons. The summed E-state index contributed by atoms with van der Waals surface area (Å²) >= 11 is 0. The van der Waals surface area contributed by atoms with E-state index >= 15 is 0 Å². The molecule has 4 rings (SSSR count). The molecule has 4 heteroatoms. The molecular weight excluding hydrogens is 320 g/mol. The zero-order valence-electron chi connectivity index (χ0n) is 15.1. The first-order valence-electron chi connectivity index (χ1n) is 8.83. The van der Waals surface area contributed by atoms with Gasteiger partial charge in [-0.05, 0) is 36.1 Å². The number of imidazole rings is 2. The van der Waals surface area contributed by atoms with E-state index < -0.39 is 0 Å². The van der Waals surface area contributed by atoms with Gasteiger partial charge in [-0.25, -0.2) is 9.97 Å². The fourth-order valence-corrected chi connectivity index (χ4v) is 3.14. The Morgan fingerprint density at radius 1 is 0.615 bits per heavy atom. The molecule has 0 aliphatic rings. The van der Waals surface area contributed by atoms with Gasteiger partial charge in [0.25, 0.3) is 0 Å². The summed E-state index contributed by atoms with van der Waals surface area (Å²) in [6.45, 7) is 5.77. The molecule has 0 spiro atoms. The van der Waals surface area contributed by atoms with Crippen molar-refractivity contribution in [2.45, 2.75) is 26.9 Å². The first-order chi connectivity index (χ1) is 12.7. The maximum absolute atomic E-state index is 4.28. The summed E-state index contributed by atoms with van der Waals surface area (Å²) in [4.78, 5) is 8.55. The highest BCUT2D eigenvalue weighted by Crippen LogP contribution is 2.21. The van der Waals surface area contributed by atoms with E-state index in [1.165, 1.54) is 22.3 Å². The lowest BCUT2D eigenvalue weighted by molar-refractivity contribution is 0.761. The molecule has 2 aromatic carbocycles. The second-order valence-electron chi connectivity index (χ2n) is 6.60. The topological polar surface area (TPSA) is 35.6 Å². The van der Waals surface area contributed by atoms with E-state index in [2.05, 4.69) is 67.6 Å². The highest BCUT2D eigenvalue weighted by atomic mass is 15.1. The first kappa shape index (κ1) is 16.3. The SMILES string of the molecule is Cc1nccn1Cc1ccc(-c2ccc(Cn3ccnc3C)cc2)cc1. The van der Waals surface area contributed by atoms with Gasteiger partial charge in [0, 0.05) is 37.9 Å². The number of rotatable bonds is 5. The van der Waals surface area contributed by atoms with Gasteiger partial charge >= 0.3 is 0 Å². The zero-order valence-corrected chi connectivity index (χ0v) is 15.1. The number of benzene rings is 2. The molecule has 2 heterocycles. The molecule has 0 amide bonds. The maximum atomic E-state index is 4.28. The molecule has 0 radical (unpaired) electrons. The standard InChI is InChI=1S/C22H22N4/c1-17-23-11-13-25(17)15-19-3-7-21(8-4-19)22-9-5-20(6-10-22)16-26-14-12-24-18(26)2/h3-14H,15-16H2,1-2H3. The minimum absolute atomic E-state index is 0.856. The largest absolute Gasteiger partial charge is 0.331 e. The first-order valence-corrected chi connectivity index (χ1v) is 8.83. The van der Waals surface area contributed by atoms with Crippen molar-refractivity contribution in [3.63, 3.8) is 0 Å². The fourth-order valence-electron chi connectivity index (χ4n) is 3.14. The molecule has 4 aromatic rings. The smallest absolute Gasteiger partial charge is 0.105 e. The van der Waals surface area contributed by atoms with E-state index in [4.69, 9.17) is 0 Å². The third-order valence-electron chi connectivity index (χ3n) is 4.79. The van der Waals surface area contributed by atoms with Crippen molar-refractivity contribution in [3.05, 3.63) is 96.1 Å². The molecule has 0 aliphatic carbocycles. The van der Waals surface area contributed by atoms with Crippen molar-refractivity contribution in [2.24, 2.45) is 0 Å². The predicted molar refractivity (Wildman–Crippen MR) is 104 cm³/mol. The van der Waals surface area contributed by atoms with Gasteiger partial charge in [0.1, 0.15) is 11.6 Å². The molecule has 26 heavy (non-hydrogen) atoms. The summed E-state index contributed by atoms with van der Waals surface area (Å²) in [5, 5.41) is 0. The minimum Gasteiger partial charge on any atom is -0.331 e. The quantitative estimate of drug-likeness (QED) is 0.537. The number of hydrogen-bond donors (Lipinski definition) is 0. The lowest BCUT2D eigenvalue weighted by Gasteiger charge is -2.09. The summed E-state index contributed by atoms with van der Waals surface area (Å²) in [6.07, 6.45) is 7.72. The van der Waals surface area contributed by atoms with E-state index in [0.717, 1.165) is 24.7 Å². The Kier molecular flexibility index (Phi) is 4.40. The molecule has 0 unspecified atom stereocenters. The van der Waals surface area contributed by atoms with Crippen LogP contribution in [0.15, 0.2) is 73.3 Å². The summed E-state index contributed by atoms with van der Waals surface area (Å²) < 4.78 is 4.31. The van der Waals surface area contributed by atoms with Gasteiger partial charge in [-0.2, -0.15) is 0 Å². The molecule has 2 aromatic heterocycles. The van der Waals surface area contributed by atoms with Crippen LogP contribution in [0.3, 0.4) is 0 Å². The van der Waals surface area contributed by atoms with Gasteiger partial charge in [0.2, 0.25) is 0 Å². The average molecular weight is 342 g/mol. The van der Waals surface area contributed by atoms with Gasteiger partial charge in [-0.3, -0.25) is 0 Å². The molecule has 0 bridgehead atoms. The third kappa shape index (κ3) is 3.45. The fraction of sp³-hybridized carbons (Fsp3) is 0.182. The van der Waals surface area contributed by atoms with Crippen LogP contribution in [0.25, 0.3) is 11.1 Å². The molecule has 0 saturated heterocycles. The van der Waals surface area contributed by atoms with Crippen LogP contribution >= 0.6 is 0 Å². The second kappa shape index (κ2) is 7.00. The van der Waals surface area contributed by atoms with Crippen molar-refractivity contribution in [1.29, 1.82) is 0 Å². The lowest BCUT2D eigenvalue weighted by atomic mass is 10.0. The van der Waals surface area contributed by atoms with Crippen LogP contribution in [-0.4, -0.2) is 19.1 Å². The van der Waals surface area contributed by atoms with Crippen LogP contribution in [0.4, 0.5) is 0 Å². The molecule has 4 nitrogen and oxygen atoms in total. The lowest BCUT2D eigenvalue weighted by Crippen LogP contribution is -2.01. The summed E-state index contributed by atoms with van der Waals surface area (Å²) in [7, 11) is 0. The van der Waals surface area contributed by atoms with Gasteiger partial charge in [0.15, 0.2) is 0 Å². The van der Waals surface area contributed by atoms with Crippen molar-refractivity contribution >= 4 is 0 Å². The van der Waals surface area contributed by atoms with Crippen LogP contribution in [0.2, 0.25) is 0 Å².